The highest BCUT2D eigenvalue weighted by Gasteiger charge is 2.19. The molecule has 4 aromatic carbocycles. The Labute approximate surface area is 228 Å². The number of hydrogen-bond acceptors (Lipinski definition) is 6. The lowest BCUT2D eigenvalue weighted by atomic mass is 9.95. The van der Waals surface area contributed by atoms with Crippen molar-refractivity contribution < 1.29 is 27.4 Å². The molecule has 6 rings (SSSR count). The minimum atomic E-state index is -4.47. The van der Waals surface area contributed by atoms with Crippen LogP contribution < -0.4 is 9.47 Å². The van der Waals surface area contributed by atoms with E-state index in [-0.39, 0.29) is 10.6 Å². The van der Waals surface area contributed by atoms with Gasteiger partial charge in [-0.15, -0.1) is 0 Å². The highest BCUT2D eigenvalue weighted by atomic mass is 32.2. The molecule has 1 aliphatic heterocycles. The van der Waals surface area contributed by atoms with Crippen LogP contribution in [0.25, 0.3) is 32.9 Å². The summed E-state index contributed by atoms with van der Waals surface area (Å²) < 4.78 is 39.4. The first-order valence-electron chi connectivity index (χ1n) is 12.7. The van der Waals surface area contributed by atoms with Crippen molar-refractivity contribution >= 4 is 37.6 Å². The minimum Gasteiger partial charge on any atom is -0.744 e. The van der Waals surface area contributed by atoms with Crippen molar-refractivity contribution in [1.82, 2.24) is 0 Å². The summed E-state index contributed by atoms with van der Waals surface area (Å²) in [6.07, 6.45) is 0. The zero-order valence-corrected chi connectivity index (χ0v) is 22.7. The minimum absolute atomic E-state index is 0.227. The van der Waals surface area contributed by atoms with E-state index in [1.165, 1.54) is 57.7 Å². The second-order valence-corrected chi connectivity index (χ2v) is 10.9. The lowest BCUT2D eigenvalue weighted by Gasteiger charge is -2.29. The van der Waals surface area contributed by atoms with Gasteiger partial charge in [-0.1, -0.05) is 42.5 Å². The number of para-hydroxylation sites is 2. The van der Waals surface area contributed by atoms with Crippen LogP contribution in [0, 0.1) is 6.92 Å². The number of phenols is 1. The van der Waals surface area contributed by atoms with E-state index in [9.17, 15) is 13.0 Å². The number of aromatic hydroxyl groups is 1. The molecular formula is C31H30N2O5S. The second kappa shape index (κ2) is 11.0. The van der Waals surface area contributed by atoms with E-state index in [1.807, 2.05) is 0 Å². The van der Waals surface area contributed by atoms with E-state index in [2.05, 4.69) is 89.3 Å². The number of rotatable bonds is 3. The van der Waals surface area contributed by atoms with Gasteiger partial charge in [0.25, 0.3) is 0 Å². The zero-order chi connectivity index (χ0) is 27.6. The molecule has 5 aromatic rings. The molecule has 0 amide bonds. The molecule has 0 atom stereocenters. The Balaban J connectivity index is 0.000000217. The molecule has 1 fully saturated rings. The number of aryl methyl sites for hydroxylation is 2. The summed E-state index contributed by atoms with van der Waals surface area (Å²) in [4.78, 5) is 2.02. The van der Waals surface area contributed by atoms with E-state index in [0.29, 0.717) is 5.56 Å². The lowest BCUT2D eigenvalue weighted by molar-refractivity contribution is -0.617. The summed E-state index contributed by atoms with van der Waals surface area (Å²) in [5, 5.41) is 11.5. The van der Waals surface area contributed by atoms with Gasteiger partial charge in [0, 0.05) is 36.5 Å². The Morgan fingerprint density at radius 3 is 1.95 bits per heavy atom. The Bertz CT molecular complexity index is 1690. The first kappa shape index (κ1) is 26.6. The Hall–Kier alpha value is -3.98. The Kier molecular flexibility index (Phi) is 7.52. The number of phenolic OH excluding ortho intramolecular Hbond substituents is 1. The molecule has 7 nitrogen and oxygen atoms in total. The summed E-state index contributed by atoms with van der Waals surface area (Å²) in [6, 6.07) is 30.0. The van der Waals surface area contributed by atoms with Crippen molar-refractivity contribution in [2.75, 3.05) is 31.2 Å². The van der Waals surface area contributed by atoms with Gasteiger partial charge in [0.05, 0.1) is 28.9 Å². The van der Waals surface area contributed by atoms with Gasteiger partial charge in [0.1, 0.15) is 22.9 Å². The van der Waals surface area contributed by atoms with Gasteiger partial charge in [-0.05, 0) is 54.4 Å². The summed E-state index contributed by atoms with van der Waals surface area (Å²) >= 11 is 0. The number of fused-ring (bicyclic) bond motifs is 2. The molecule has 1 saturated heterocycles. The van der Waals surface area contributed by atoms with Crippen molar-refractivity contribution in [3.8, 4) is 16.9 Å². The maximum absolute atomic E-state index is 10.5. The van der Waals surface area contributed by atoms with Crippen LogP contribution in [0.15, 0.2) is 95.9 Å². The third-order valence-corrected chi connectivity index (χ3v) is 8.02. The van der Waals surface area contributed by atoms with Gasteiger partial charge in [-0.25, -0.2) is 8.42 Å². The van der Waals surface area contributed by atoms with Crippen LogP contribution in [0.2, 0.25) is 0 Å². The fraction of sp³-hybridized carbons (Fsp3) is 0.194. The van der Waals surface area contributed by atoms with Crippen molar-refractivity contribution in [3.05, 3.63) is 96.6 Å². The van der Waals surface area contributed by atoms with Gasteiger partial charge in [-0.2, -0.15) is 4.57 Å². The molecule has 0 bridgehead atoms. The third kappa shape index (κ3) is 5.59. The van der Waals surface area contributed by atoms with Crippen LogP contribution in [0.4, 0.5) is 5.69 Å². The average Bonchev–Trinajstić information content (AvgIpc) is 2.95. The van der Waals surface area contributed by atoms with Crippen molar-refractivity contribution in [3.63, 3.8) is 0 Å². The van der Waals surface area contributed by atoms with Crippen LogP contribution in [-0.4, -0.2) is 44.4 Å². The molecule has 1 aromatic heterocycles. The molecular weight excluding hydrogens is 512 g/mol. The number of benzene rings is 4. The molecule has 1 aliphatic rings. The normalized spacial score (nSPS) is 13.8. The molecule has 1 N–H and O–H groups in total. The van der Waals surface area contributed by atoms with Crippen molar-refractivity contribution in [1.29, 1.82) is 0 Å². The maximum Gasteiger partial charge on any atom is 0.213 e. The predicted octanol–water partition coefficient (Wildman–Crippen LogP) is 4.93. The number of hydrogen-bond donors (Lipinski definition) is 1. The number of pyridine rings is 1. The fourth-order valence-electron chi connectivity index (χ4n) is 5.06. The monoisotopic (exact) mass is 542 g/mol. The average molecular weight is 543 g/mol. The molecule has 2 heterocycles. The van der Waals surface area contributed by atoms with Gasteiger partial charge in [-0.3, -0.25) is 0 Å². The molecule has 200 valence electrons. The molecule has 0 radical (unpaired) electrons. The zero-order valence-electron chi connectivity index (χ0n) is 21.9. The molecule has 0 aliphatic carbocycles. The van der Waals surface area contributed by atoms with E-state index in [0.717, 1.165) is 32.4 Å². The first-order valence-corrected chi connectivity index (χ1v) is 14.1. The topological polar surface area (TPSA) is 93.8 Å². The van der Waals surface area contributed by atoms with Gasteiger partial charge in [0.2, 0.25) is 11.0 Å². The number of anilines is 1. The molecule has 0 saturated carbocycles. The van der Waals surface area contributed by atoms with Crippen LogP contribution in [0.1, 0.15) is 5.56 Å². The fourth-order valence-corrected chi connectivity index (χ4v) is 5.79. The highest BCUT2D eigenvalue weighted by molar-refractivity contribution is 7.85. The number of ether oxygens (including phenoxy) is 1. The molecule has 0 spiro atoms. The van der Waals surface area contributed by atoms with Crippen LogP contribution >= 0.6 is 0 Å². The summed E-state index contributed by atoms with van der Waals surface area (Å²) in [5.41, 5.74) is 6.69. The Morgan fingerprint density at radius 1 is 0.846 bits per heavy atom. The number of aromatic nitrogens is 1. The quantitative estimate of drug-likeness (QED) is 0.198. The molecule has 8 heteroatoms. The van der Waals surface area contributed by atoms with Crippen molar-refractivity contribution in [2.45, 2.75) is 11.8 Å². The maximum atomic E-state index is 10.5. The highest BCUT2D eigenvalue weighted by Crippen LogP contribution is 2.34. The van der Waals surface area contributed by atoms with Gasteiger partial charge >= 0.3 is 0 Å². The van der Waals surface area contributed by atoms with E-state index in [1.54, 1.807) is 0 Å². The van der Waals surface area contributed by atoms with E-state index in [4.69, 9.17) is 9.84 Å². The van der Waals surface area contributed by atoms with Gasteiger partial charge in [0.15, 0.2) is 0 Å². The van der Waals surface area contributed by atoms with Crippen LogP contribution in [0.5, 0.6) is 5.75 Å². The summed E-state index contributed by atoms with van der Waals surface area (Å²) in [5.74, 6) is -0.227. The van der Waals surface area contributed by atoms with Crippen molar-refractivity contribution in [2.24, 2.45) is 7.05 Å². The summed E-state index contributed by atoms with van der Waals surface area (Å²) in [7, 11) is -2.32. The number of nitrogens with zero attached hydrogens (tertiary/aromatic N) is 2. The Morgan fingerprint density at radius 2 is 1.41 bits per heavy atom. The number of morpholine rings is 1. The largest absolute Gasteiger partial charge is 0.744 e. The standard InChI is InChI=1S/C24H23N2O.C7H8O4S/c1-25-22-8-4-2-6-20(22)24(21-7-3-5-9-23(21)25)18-10-12-19(13-11-18)26-14-16-27-17-15-26;1-5-2-3-6(8)4-7(5)12(9,10)11/h2-13H,14-17H2,1H3;2-4,8H,1H3,(H,9,10,11)/q+1;/p-1. The van der Waals surface area contributed by atoms with E-state index >= 15 is 0 Å². The molecule has 39 heavy (non-hydrogen) atoms. The summed E-state index contributed by atoms with van der Waals surface area (Å²) in [6.45, 7) is 5.04. The molecule has 0 unspecified atom stereocenters. The predicted molar refractivity (Wildman–Crippen MR) is 152 cm³/mol. The smallest absolute Gasteiger partial charge is 0.213 e. The van der Waals surface area contributed by atoms with Crippen LogP contribution in [-0.2, 0) is 21.9 Å². The van der Waals surface area contributed by atoms with Crippen LogP contribution in [0.3, 0.4) is 0 Å². The third-order valence-electron chi connectivity index (χ3n) is 7.04. The van der Waals surface area contributed by atoms with E-state index < -0.39 is 10.1 Å². The SMILES string of the molecule is C[n+]1c2ccccc2c(-c2ccc(N3CCOCC3)cc2)c2ccccc21.Cc1ccc(O)cc1S(=O)(=O)[O-]. The lowest BCUT2D eigenvalue weighted by Crippen LogP contribution is -2.36. The van der Waals surface area contributed by atoms with Gasteiger partial charge < -0.3 is 19.3 Å². The first-order chi connectivity index (χ1) is 18.7. The second-order valence-electron chi connectivity index (χ2n) is 9.52.